The summed E-state index contributed by atoms with van der Waals surface area (Å²) in [6.45, 7) is 3.94. The van der Waals surface area contributed by atoms with Crippen molar-refractivity contribution in [1.82, 2.24) is 4.98 Å². The van der Waals surface area contributed by atoms with E-state index in [0.717, 1.165) is 17.7 Å². The van der Waals surface area contributed by atoms with Crippen LogP contribution in [-0.4, -0.2) is 18.2 Å². The molecule has 1 heterocycles. The molecular weight excluding hydrogens is 268 g/mol. The summed E-state index contributed by atoms with van der Waals surface area (Å²) in [7, 11) is 1.51. The smallest absolute Gasteiger partial charge is 0.417 e. The third kappa shape index (κ3) is 3.72. The van der Waals surface area contributed by atoms with E-state index < -0.39 is 6.09 Å². The summed E-state index contributed by atoms with van der Waals surface area (Å²) in [6.07, 6.45) is 0.248. The molecule has 1 amide bonds. The van der Waals surface area contributed by atoms with Gasteiger partial charge >= 0.3 is 6.09 Å². The van der Waals surface area contributed by atoms with Gasteiger partial charge in [-0.15, -0.1) is 0 Å². The molecule has 1 aromatic heterocycles. The fraction of sp³-hybridized carbons (Fsp3) is 0.250. The number of nitrogens with one attached hydrogen (secondary N) is 1. The number of para-hydroxylation sites is 1. The van der Waals surface area contributed by atoms with Gasteiger partial charge in [0.1, 0.15) is 11.4 Å². The average molecular weight is 286 g/mol. The number of methoxy groups -OCH3 is 1. The highest BCUT2D eigenvalue weighted by molar-refractivity contribution is 5.88. The summed E-state index contributed by atoms with van der Waals surface area (Å²) >= 11 is 0. The second kappa shape index (κ2) is 6.74. The summed E-state index contributed by atoms with van der Waals surface area (Å²) in [5, 5.41) is 2.66. The Hall–Kier alpha value is -2.56. The minimum atomic E-state index is -0.577. The minimum Gasteiger partial charge on any atom is -0.480 e. The fourth-order valence-corrected chi connectivity index (χ4v) is 1.96. The predicted octanol–water partition coefficient (Wildman–Crippen LogP) is 3.57. The number of carbonyl (C=O) groups excluding carboxylic acids is 1. The monoisotopic (exact) mass is 286 g/mol. The third-order valence-electron chi connectivity index (χ3n) is 3.05. The number of ether oxygens (including phenoxy) is 2. The summed E-state index contributed by atoms with van der Waals surface area (Å²) in [4.78, 5) is 16.2. The molecule has 1 aromatic carbocycles. The molecular formula is C16H18N2O3. The van der Waals surface area contributed by atoms with Gasteiger partial charge in [0.25, 0.3) is 0 Å². The topological polar surface area (TPSA) is 60.5 Å². The highest BCUT2D eigenvalue weighted by Gasteiger charge is 2.13. The quantitative estimate of drug-likeness (QED) is 0.933. The van der Waals surface area contributed by atoms with Crippen molar-refractivity contribution in [2.45, 2.75) is 20.3 Å². The molecule has 0 fully saturated rings. The number of carbonyl (C=O) groups is 1. The van der Waals surface area contributed by atoms with Gasteiger partial charge in [0, 0.05) is 5.69 Å². The second-order valence-corrected chi connectivity index (χ2v) is 4.47. The van der Waals surface area contributed by atoms with E-state index >= 15 is 0 Å². The largest absolute Gasteiger partial charge is 0.480 e. The van der Waals surface area contributed by atoms with Crippen molar-refractivity contribution in [3.05, 3.63) is 47.7 Å². The zero-order chi connectivity index (χ0) is 15.2. The molecule has 0 aliphatic heterocycles. The van der Waals surface area contributed by atoms with Gasteiger partial charge in [-0.2, -0.15) is 0 Å². The second-order valence-electron chi connectivity index (χ2n) is 4.47. The van der Waals surface area contributed by atoms with Gasteiger partial charge in [-0.1, -0.05) is 25.1 Å². The van der Waals surface area contributed by atoms with Gasteiger partial charge in [0.15, 0.2) is 0 Å². The molecule has 0 saturated carbocycles. The van der Waals surface area contributed by atoms with E-state index in [9.17, 15) is 4.79 Å². The Morgan fingerprint density at radius 2 is 2.00 bits per heavy atom. The molecule has 0 atom stereocenters. The van der Waals surface area contributed by atoms with Crippen LogP contribution in [0.15, 0.2) is 36.4 Å². The first-order chi connectivity index (χ1) is 10.1. The van der Waals surface area contributed by atoms with Crippen molar-refractivity contribution < 1.29 is 14.3 Å². The molecule has 0 unspecified atom stereocenters. The SMILES string of the molecule is CCc1cc(NC(=O)Oc2ccccc2)c(OC)nc1C. The minimum absolute atomic E-state index is 0.370. The van der Waals surface area contributed by atoms with Crippen molar-refractivity contribution in [2.24, 2.45) is 0 Å². The molecule has 0 bridgehead atoms. The maximum atomic E-state index is 11.9. The standard InChI is InChI=1S/C16H18N2O3/c1-4-12-10-14(15(20-3)17-11(12)2)18-16(19)21-13-8-6-5-7-9-13/h5-10H,4H2,1-3H3,(H,18,19). The summed E-state index contributed by atoms with van der Waals surface area (Å²) < 4.78 is 10.4. The highest BCUT2D eigenvalue weighted by Crippen LogP contribution is 2.25. The van der Waals surface area contributed by atoms with Crippen molar-refractivity contribution in [1.29, 1.82) is 0 Å². The normalized spacial score (nSPS) is 10.0. The van der Waals surface area contributed by atoms with Crippen LogP contribution in [0.4, 0.5) is 10.5 Å². The molecule has 0 aliphatic rings. The van der Waals surface area contributed by atoms with E-state index in [1.807, 2.05) is 26.0 Å². The van der Waals surface area contributed by atoms with E-state index in [4.69, 9.17) is 9.47 Å². The Bertz CT molecular complexity index is 627. The van der Waals surface area contributed by atoms with Gasteiger partial charge < -0.3 is 9.47 Å². The van der Waals surface area contributed by atoms with Gasteiger partial charge in [-0.3, -0.25) is 5.32 Å². The molecule has 0 saturated heterocycles. The first-order valence-corrected chi connectivity index (χ1v) is 6.72. The van der Waals surface area contributed by atoms with E-state index in [0.29, 0.717) is 17.3 Å². The van der Waals surface area contributed by atoms with Crippen LogP contribution in [0.25, 0.3) is 0 Å². The van der Waals surface area contributed by atoms with Gasteiger partial charge in [-0.05, 0) is 37.1 Å². The van der Waals surface area contributed by atoms with Crippen molar-refractivity contribution >= 4 is 11.8 Å². The number of aromatic nitrogens is 1. The van der Waals surface area contributed by atoms with E-state index in [-0.39, 0.29) is 0 Å². The lowest BCUT2D eigenvalue weighted by Crippen LogP contribution is -2.18. The van der Waals surface area contributed by atoms with Crippen LogP contribution in [0.5, 0.6) is 11.6 Å². The zero-order valence-corrected chi connectivity index (χ0v) is 12.3. The number of hydrogen-bond donors (Lipinski definition) is 1. The highest BCUT2D eigenvalue weighted by atomic mass is 16.6. The maximum Gasteiger partial charge on any atom is 0.417 e. The van der Waals surface area contributed by atoms with Crippen LogP contribution in [0, 0.1) is 6.92 Å². The van der Waals surface area contributed by atoms with Crippen LogP contribution in [0.1, 0.15) is 18.2 Å². The summed E-state index contributed by atoms with van der Waals surface area (Å²) in [5.41, 5.74) is 2.43. The Morgan fingerprint density at radius 3 is 2.62 bits per heavy atom. The predicted molar refractivity (Wildman–Crippen MR) is 81.0 cm³/mol. The van der Waals surface area contributed by atoms with Crippen LogP contribution in [0.3, 0.4) is 0 Å². The Balaban J connectivity index is 2.16. The number of hydrogen-bond acceptors (Lipinski definition) is 4. The Labute approximate surface area is 123 Å². The van der Waals surface area contributed by atoms with Crippen LogP contribution < -0.4 is 14.8 Å². The molecule has 2 aromatic rings. The van der Waals surface area contributed by atoms with Crippen LogP contribution in [-0.2, 0) is 6.42 Å². The molecule has 0 spiro atoms. The zero-order valence-electron chi connectivity index (χ0n) is 12.3. The Kier molecular flexibility index (Phi) is 4.77. The summed E-state index contributed by atoms with van der Waals surface area (Å²) in [6, 6.07) is 10.7. The lowest BCUT2D eigenvalue weighted by Gasteiger charge is -2.12. The third-order valence-corrected chi connectivity index (χ3v) is 3.05. The lowest BCUT2D eigenvalue weighted by molar-refractivity contribution is 0.215. The molecule has 2 rings (SSSR count). The van der Waals surface area contributed by atoms with Crippen LogP contribution in [0.2, 0.25) is 0 Å². The molecule has 0 aliphatic carbocycles. The number of amides is 1. The number of anilines is 1. The molecule has 110 valence electrons. The molecule has 5 heteroatoms. The number of aryl methyl sites for hydroxylation is 2. The number of benzene rings is 1. The number of rotatable bonds is 4. The van der Waals surface area contributed by atoms with Crippen molar-refractivity contribution in [2.75, 3.05) is 12.4 Å². The Morgan fingerprint density at radius 1 is 1.29 bits per heavy atom. The summed E-state index contributed by atoms with van der Waals surface area (Å²) in [5.74, 6) is 0.847. The first-order valence-electron chi connectivity index (χ1n) is 6.72. The van der Waals surface area contributed by atoms with Gasteiger partial charge in [-0.25, -0.2) is 9.78 Å². The van der Waals surface area contributed by atoms with E-state index in [1.165, 1.54) is 7.11 Å². The van der Waals surface area contributed by atoms with Gasteiger partial charge in [0.05, 0.1) is 7.11 Å². The fourth-order valence-electron chi connectivity index (χ4n) is 1.96. The number of pyridine rings is 1. The lowest BCUT2D eigenvalue weighted by atomic mass is 10.1. The molecule has 0 radical (unpaired) electrons. The maximum absolute atomic E-state index is 11.9. The molecule has 21 heavy (non-hydrogen) atoms. The van der Waals surface area contributed by atoms with Gasteiger partial charge in [0.2, 0.25) is 5.88 Å². The van der Waals surface area contributed by atoms with Crippen molar-refractivity contribution in [3.8, 4) is 11.6 Å². The average Bonchev–Trinajstić information content (AvgIpc) is 2.49. The number of nitrogens with zero attached hydrogens (tertiary/aromatic N) is 1. The van der Waals surface area contributed by atoms with Crippen molar-refractivity contribution in [3.63, 3.8) is 0 Å². The first kappa shape index (κ1) is 14.8. The van der Waals surface area contributed by atoms with E-state index in [1.54, 1.807) is 24.3 Å². The van der Waals surface area contributed by atoms with Crippen LogP contribution >= 0.6 is 0 Å². The molecule has 1 N–H and O–H groups in total. The molecule has 5 nitrogen and oxygen atoms in total. The van der Waals surface area contributed by atoms with E-state index in [2.05, 4.69) is 10.3 Å².